The first-order valence-corrected chi connectivity index (χ1v) is 6.17. The molecule has 21 heavy (non-hydrogen) atoms. The summed E-state index contributed by atoms with van der Waals surface area (Å²) in [6, 6.07) is 5.20. The van der Waals surface area contributed by atoms with E-state index in [9.17, 15) is 13.6 Å². The van der Waals surface area contributed by atoms with Crippen molar-refractivity contribution >= 4 is 11.7 Å². The Morgan fingerprint density at radius 3 is 2.48 bits per heavy atom. The number of halogens is 2. The second kappa shape index (κ2) is 6.87. The maximum Gasteiger partial charge on any atom is 0.387 e. The molecule has 116 valence electrons. The number of oxime groups is 1. The quantitative estimate of drug-likeness (QED) is 0.324. The van der Waals surface area contributed by atoms with E-state index in [-0.39, 0.29) is 17.1 Å². The molecule has 4 N–H and O–H groups in total. The second-order valence-corrected chi connectivity index (χ2v) is 4.53. The SMILES string of the molecule is CCC(C)(NC(=O)c1ccc(OC(F)F)cc1)/C(N)=N/O. The number of amides is 1. The summed E-state index contributed by atoms with van der Waals surface area (Å²) in [5, 5.41) is 14.3. The second-order valence-electron chi connectivity index (χ2n) is 4.53. The summed E-state index contributed by atoms with van der Waals surface area (Å²) in [6.07, 6.45) is 0.404. The molecular weight excluding hydrogens is 284 g/mol. The minimum atomic E-state index is -2.92. The number of carbonyl (C=O) groups is 1. The van der Waals surface area contributed by atoms with Crippen LogP contribution in [0.2, 0.25) is 0 Å². The van der Waals surface area contributed by atoms with Crippen molar-refractivity contribution in [2.45, 2.75) is 32.4 Å². The molecule has 0 aromatic heterocycles. The third kappa shape index (κ3) is 4.30. The molecule has 0 saturated carbocycles. The summed E-state index contributed by atoms with van der Waals surface area (Å²) in [6.45, 7) is 0.445. The number of carbonyl (C=O) groups excluding carboxylic acids is 1. The van der Waals surface area contributed by atoms with Crippen molar-refractivity contribution in [1.29, 1.82) is 0 Å². The predicted molar refractivity (Wildman–Crippen MR) is 72.6 cm³/mol. The van der Waals surface area contributed by atoms with Crippen molar-refractivity contribution in [3.8, 4) is 5.75 Å². The van der Waals surface area contributed by atoms with Gasteiger partial charge >= 0.3 is 6.61 Å². The van der Waals surface area contributed by atoms with Crippen LogP contribution in [0.3, 0.4) is 0 Å². The molecule has 6 nitrogen and oxygen atoms in total. The van der Waals surface area contributed by atoms with Crippen LogP contribution in [0.1, 0.15) is 30.6 Å². The molecule has 1 aromatic carbocycles. The number of alkyl halides is 2. The number of hydrogen-bond acceptors (Lipinski definition) is 4. The maximum atomic E-state index is 12.1. The highest BCUT2D eigenvalue weighted by molar-refractivity contribution is 6.00. The van der Waals surface area contributed by atoms with E-state index < -0.39 is 18.1 Å². The van der Waals surface area contributed by atoms with Gasteiger partial charge in [0.25, 0.3) is 5.91 Å². The fourth-order valence-corrected chi connectivity index (χ4v) is 1.55. The fraction of sp³-hybridized carbons (Fsp3) is 0.385. The fourth-order valence-electron chi connectivity index (χ4n) is 1.55. The maximum absolute atomic E-state index is 12.1. The average molecular weight is 301 g/mol. The molecule has 1 atom stereocenters. The average Bonchev–Trinajstić information content (AvgIpc) is 2.46. The number of nitrogens with two attached hydrogens (primary N) is 1. The third-order valence-corrected chi connectivity index (χ3v) is 3.11. The van der Waals surface area contributed by atoms with E-state index >= 15 is 0 Å². The minimum absolute atomic E-state index is 0.0452. The van der Waals surface area contributed by atoms with Crippen LogP contribution in [0, 0.1) is 0 Å². The van der Waals surface area contributed by atoms with Gasteiger partial charge in [0, 0.05) is 5.56 Å². The third-order valence-electron chi connectivity index (χ3n) is 3.11. The van der Waals surface area contributed by atoms with Crippen LogP contribution >= 0.6 is 0 Å². The van der Waals surface area contributed by atoms with Gasteiger partial charge in [-0.3, -0.25) is 4.79 Å². The molecule has 0 spiro atoms. The normalized spacial score (nSPS) is 14.6. The van der Waals surface area contributed by atoms with Crippen molar-refractivity contribution in [2.24, 2.45) is 10.9 Å². The molecule has 1 unspecified atom stereocenters. The summed E-state index contributed by atoms with van der Waals surface area (Å²) in [5.41, 5.74) is 4.78. The van der Waals surface area contributed by atoms with Crippen molar-refractivity contribution in [3.63, 3.8) is 0 Å². The highest BCUT2D eigenvalue weighted by atomic mass is 19.3. The lowest BCUT2D eigenvalue weighted by atomic mass is 9.97. The summed E-state index contributed by atoms with van der Waals surface area (Å²) >= 11 is 0. The van der Waals surface area contributed by atoms with E-state index in [2.05, 4.69) is 15.2 Å². The van der Waals surface area contributed by atoms with Gasteiger partial charge in [-0.25, -0.2) is 0 Å². The molecule has 0 aliphatic carbocycles. The van der Waals surface area contributed by atoms with E-state index in [0.717, 1.165) is 0 Å². The zero-order valence-corrected chi connectivity index (χ0v) is 11.6. The Kier molecular flexibility index (Phi) is 5.45. The molecule has 0 heterocycles. The summed E-state index contributed by atoms with van der Waals surface area (Å²) < 4.78 is 28.2. The van der Waals surface area contributed by atoms with Crippen molar-refractivity contribution in [3.05, 3.63) is 29.8 Å². The van der Waals surface area contributed by atoms with Crippen LogP contribution in [0.15, 0.2) is 29.4 Å². The Morgan fingerprint density at radius 1 is 1.48 bits per heavy atom. The summed E-state index contributed by atoms with van der Waals surface area (Å²) in [4.78, 5) is 12.1. The van der Waals surface area contributed by atoms with E-state index in [4.69, 9.17) is 10.9 Å². The summed E-state index contributed by atoms with van der Waals surface area (Å²) in [7, 11) is 0. The van der Waals surface area contributed by atoms with Gasteiger partial charge in [-0.1, -0.05) is 12.1 Å². The Labute approximate surface area is 120 Å². The molecule has 0 radical (unpaired) electrons. The van der Waals surface area contributed by atoms with Gasteiger partial charge in [0.05, 0.1) is 5.54 Å². The Balaban J connectivity index is 2.84. The first-order chi connectivity index (χ1) is 9.82. The lowest BCUT2D eigenvalue weighted by Gasteiger charge is -2.28. The van der Waals surface area contributed by atoms with E-state index in [1.165, 1.54) is 24.3 Å². The minimum Gasteiger partial charge on any atom is -0.435 e. The van der Waals surface area contributed by atoms with Crippen LogP contribution in [-0.4, -0.2) is 29.1 Å². The van der Waals surface area contributed by atoms with Gasteiger partial charge in [0.1, 0.15) is 5.75 Å². The molecule has 1 aromatic rings. The number of hydrogen-bond donors (Lipinski definition) is 3. The predicted octanol–water partition coefficient (Wildman–Crippen LogP) is 1.93. The molecule has 0 fully saturated rings. The van der Waals surface area contributed by atoms with E-state index in [1.807, 2.05) is 0 Å². The van der Waals surface area contributed by atoms with Crippen LogP contribution in [0.25, 0.3) is 0 Å². The molecule has 0 saturated heterocycles. The van der Waals surface area contributed by atoms with Crippen molar-refractivity contribution < 1.29 is 23.5 Å². The van der Waals surface area contributed by atoms with Gasteiger partial charge in [-0.15, -0.1) is 0 Å². The number of amidine groups is 1. The first kappa shape index (κ1) is 16.7. The van der Waals surface area contributed by atoms with Gasteiger partial charge in [0.15, 0.2) is 5.84 Å². The summed E-state index contributed by atoms with van der Waals surface area (Å²) in [5.74, 6) is -0.651. The standard InChI is InChI=1S/C13H17F2N3O3/c1-3-13(2,11(16)18-20)17-10(19)8-4-6-9(7-5-8)21-12(14)15/h4-7,12,20H,3H2,1-2H3,(H2,16,18)(H,17,19). The Morgan fingerprint density at radius 2 is 2.05 bits per heavy atom. The largest absolute Gasteiger partial charge is 0.435 e. The monoisotopic (exact) mass is 301 g/mol. The smallest absolute Gasteiger partial charge is 0.387 e. The molecular formula is C13H17F2N3O3. The molecule has 0 aliphatic heterocycles. The number of rotatable bonds is 6. The zero-order valence-electron chi connectivity index (χ0n) is 11.6. The van der Waals surface area contributed by atoms with Gasteiger partial charge in [-0.05, 0) is 37.6 Å². The topological polar surface area (TPSA) is 96.9 Å². The molecule has 0 aliphatic rings. The first-order valence-electron chi connectivity index (χ1n) is 6.17. The number of ether oxygens (including phenoxy) is 1. The van der Waals surface area contributed by atoms with Gasteiger partial charge < -0.3 is 21.0 Å². The molecule has 8 heteroatoms. The number of benzene rings is 1. The van der Waals surface area contributed by atoms with E-state index in [1.54, 1.807) is 13.8 Å². The Hall–Kier alpha value is -2.38. The van der Waals surface area contributed by atoms with Crippen LogP contribution in [0.5, 0.6) is 5.75 Å². The number of nitrogens with one attached hydrogen (secondary N) is 1. The molecule has 0 bridgehead atoms. The van der Waals surface area contributed by atoms with Gasteiger partial charge in [-0.2, -0.15) is 8.78 Å². The van der Waals surface area contributed by atoms with E-state index in [0.29, 0.717) is 6.42 Å². The number of nitrogens with zero attached hydrogens (tertiary/aromatic N) is 1. The van der Waals surface area contributed by atoms with Crippen molar-refractivity contribution in [1.82, 2.24) is 5.32 Å². The lowest BCUT2D eigenvalue weighted by molar-refractivity contribution is -0.0498. The van der Waals surface area contributed by atoms with Gasteiger partial charge in [0.2, 0.25) is 0 Å². The highest BCUT2D eigenvalue weighted by Crippen LogP contribution is 2.16. The zero-order chi connectivity index (χ0) is 16.0. The van der Waals surface area contributed by atoms with Crippen LogP contribution < -0.4 is 15.8 Å². The molecule has 1 amide bonds. The van der Waals surface area contributed by atoms with Crippen LogP contribution in [-0.2, 0) is 0 Å². The highest BCUT2D eigenvalue weighted by Gasteiger charge is 2.29. The van der Waals surface area contributed by atoms with Crippen molar-refractivity contribution in [2.75, 3.05) is 0 Å². The molecule has 1 rings (SSSR count). The lowest BCUT2D eigenvalue weighted by Crippen LogP contribution is -2.55. The Bertz CT molecular complexity index is 520. The van der Waals surface area contributed by atoms with Crippen LogP contribution in [0.4, 0.5) is 8.78 Å².